The van der Waals surface area contributed by atoms with E-state index in [4.69, 9.17) is 11.6 Å². The zero-order valence-corrected chi connectivity index (χ0v) is 11.2. The Balaban J connectivity index is 2.27. The van der Waals surface area contributed by atoms with Crippen molar-refractivity contribution < 1.29 is 9.59 Å². The van der Waals surface area contributed by atoms with Crippen molar-refractivity contribution in [1.29, 1.82) is 0 Å². The quantitative estimate of drug-likeness (QED) is 0.917. The van der Waals surface area contributed by atoms with E-state index >= 15 is 0 Å². The summed E-state index contributed by atoms with van der Waals surface area (Å²) in [5, 5.41) is 3.13. The summed E-state index contributed by atoms with van der Waals surface area (Å²) < 4.78 is 0. The minimum atomic E-state index is -0.646. The molecule has 0 radical (unpaired) electrons. The Labute approximate surface area is 117 Å². The number of hydrogen-bond acceptors (Lipinski definition) is 2. The molecule has 1 saturated heterocycles. The van der Waals surface area contributed by atoms with Crippen LogP contribution in [0.25, 0.3) is 0 Å². The first-order valence-corrected chi connectivity index (χ1v) is 6.42. The Morgan fingerprint density at radius 1 is 1.37 bits per heavy atom. The summed E-state index contributed by atoms with van der Waals surface area (Å²) in [5.74, 6) is -0.288. The number of nitrogens with zero attached hydrogens (tertiary/aromatic N) is 1. The largest absolute Gasteiger partial charge is 0.340 e. The van der Waals surface area contributed by atoms with Crippen LogP contribution in [-0.4, -0.2) is 29.8 Å². The third kappa shape index (κ3) is 3.35. The molecular weight excluding hydrogens is 264 g/mol. The molecule has 2 rings (SSSR count). The number of carbonyl (C=O) groups is 2. The molecule has 1 atom stereocenters. The fraction of sp³-hybridized carbons (Fsp3) is 0.286. The van der Waals surface area contributed by atoms with Crippen LogP contribution >= 0.6 is 11.6 Å². The zero-order chi connectivity index (χ0) is 13.8. The third-order valence-corrected chi connectivity index (χ3v) is 3.09. The maximum atomic E-state index is 12.4. The van der Waals surface area contributed by atoms with E-state index in [1.54, 1.807) is 4.90 Å². The maximum absolute atomic E-state index is 12.4. The van der Waals surface area contributed by atoms with Crippen molar-refractivity contribution >= 4 is 23.4 Å². The lowest BCUT2D eigenvalue weighted by molar-refractivity contribution is -0.133. The van der Waals surface area contributed by atoms with E-state index in [9.17, 15) is 9.59 Å². The zero-order valence-electron chi connectivity index (χ0n) is 10.4. The molecular formula is C14H15ClN2O2. The van der Waals surface area contributed by atoms with Gasteiger partial charge in [0.05, 0.1) is 6.54 Å². The molecule has 1 N–H and O–H groups in total. The van der Waals surface area contributed by atoms with Crippen molar-refractivity contribution in [1.82, 2.24) is 10.2 Å². The Morgan fingerprint density at radius 2 is 2.05 bits per heavy atom. The fourth-order valence-corrected chi connectivity index (χ4v) is 2.20. The Bertz CT molecular complexity index is 501. The molecule has 4 nitrogen and oxygen atoms in total. The topological polar surface area (TPSA) is 49.4 Å². The van der Waals surface area contributed by atoms with Crippen molar-refractivity contribution in [3.63, 3.8) is 0 Å². The lowest BCUT2D eigenvalue weighted by Gasteiger charge is -2.23. The first-order valence-electron chi connectivity index (χ1n) is 6.04. The predicted molar refractivity (Wildman–Crippen MR) is 73.5 cm³/mol. The number of halogens is 1. The second-order valence-corrected chi connectivity index (χ2v) is 4.97. The molecule has 1 aromatic carbocycles. The number of rotatable bonds is 3. The van der Waals surface area contributed by atoms with Gasteiger partial charge in [-0.3, -0.25) is 9.59 Å². The van der Waals surface area contributed by atoms with E-state index in [0.717, 1.165) is 5.56 Å². The van der Waals surface area contributed by atoms with Crippen LogP contribution in [0.15, 0.2) is 41.9 Å². The van der Waals surface area contributed by atoms with Crippen molar-refractivity contribution in [2.75, 3.05) is 13.1 Å². The number of benzene rings is 1. The van der Waals surface area contributed by atoms with Gasteiger partial charge in [0.25, 0.3) is 0 Å². The van der Waals surface area contributed by atoms with Crippen molar-refractivity contribution in [2.45, 2.75) is 12.5 Å². The van der Waals surface area contributed by atoms with Gasteiger partial charge in [-0.25, -0.2) is 0 Å². The van der Waals surface area contributed by atoms with E-state index in [0.29, 0.717) is 11.6 Å². The normalized spacial score (nSPS) is 19.8. The first kappa shape index (κ1) is 13.6. The molecule has 19 heavy (non-hydrogen) atoms. The van der Waals surface area contributed by atoms with E-state index in [2.05, 4.69) is 11.9 Å². The molecule has 0 aromatic heterocycles. The Morgan fingerprint density at radius 3 is 2.68 bits per heavy atom. The van der Waals surface area contributed by atoms with E-state index in [1.165, 1.54) is 0 Å². The van der Waals surface area contributed by atoms with E-state index in [-0.39, 0.29) is 24.8 Å². The average Bonchev–Trinajstić information content (AvgIpc) is 2.52. The summed E-state index contributed by atoms with van der Waals surface area (Å²) in [4.78, 5) is 25.7. The van der Waals surface area contributed by atoms with Crippen molar-refractivity contribution in [3.8, 4) is 0 Å². The summed E-state index contributed by atoms with van der Waals surface area (Å²) in [6.45, 7) is 4.22. The first-order chi connectivity index (χ1) is 9.08. The van der Waals surface area contributed by atoms with Gasteiger partial charge in [-0.05, 0) is 5.56 Å². The van der Waals surface area contributed by atoms with Gasteiger partial charge in [0.1, 0.15) is 6.04 Å². The lowest BCUT2D eigenvalue weighted by atomic mass is 10.1. The van der Waals surface area contributed by atoms with Crippen LogP contribution in [0, 0.1) is 0 Å². The van der Waals surface area contributed by atoms with Gasteiger partial charge in [-0.15, -0.1) is 0 Å². The van der Waals surface area contributed by atoms with Crippen LogP contribution in [0.2, 0.25) is 0 Å². The van der Waals surface area contributed by atoms with Crippen LogP contribution in [-0.2, 0) is 9.59 Å². The monoisotopic (exact) mass is 278 g/mol. The molecule has 1 aliphatic heterocycles. The number of carbonyl (C=O) groups excluding carboxylic acids is 2. The molecule has 1 fully saturated rings. The third-order valence-electron chi connectivity index (χ3n) is 2.97. The minimum absolute atomic E-state index is 0.134. The highest BCUT2D eigenvalue weighted by atomic mass is 35.5. The molecule has 1 aromatic rings. The number of amides is 2. The van der Waals surface area contributed by atoms with Gasteiger partial charge in [-0.2, -0.15) is 0 Å². The molecule has 0 aliphatic carbocycles. The maximum Gasteiger partial charge on any atom is 0.250 e. The highest BCUT2D eigenvalue weighted by molar-refractivity contribution is 6.29. The molecule has 1 unspecified atom stereocenters. The minimum Gasteiger partial charge on any atom is -0.340 e. The molecule has 0 saturated carbocycles. The average molecular weight is 279 g/mol. The van der Waals surface area contributed by atoms with Gasteiger partial charge >= 0.3 is 0 Å². The number of nitrogens with one attached hydrogen (secondary N) is 1. The molecule has 0 spiro atoms. The molecule has 0 bridgehead atoms. The smallest absolute Gasteiger partial charge is 0.250 e. The highest BCUT2D eigenvalue weighted by Gasteiger charge is 2.30. The SMILES string of the molecule is C=C(Cl)CN1CCC(=O)NC(c2ccccc2)C1=O. The molecule has 1 aliphatic rings. The summed E-state index contributed by atoms with van der Waals surface area (Å²) in [7, 11) is 0. The number of hydrogen-bond donors (Lipinski definition) is 1. The van der Waals surface area contributed by atoms with Crippen LogP contribution < -0.4 is 5.32 Å². The predicted octanol–water partition coefficient (Wildman–Crippen LogP) is 1.83. The van der Waals surface area contributed by atoms with Crippen LogP contribution in [0.5, 0.6) is 0 Å². The van der Waals surface area contributed by atoms with Gasteiger partial charge in [-0.1, -0.05) is 48.5 Å². The fourth-order valence-electron chi connectivity index (χ4n) is 2.06. The molecule has 100 valence electrons. The van der Waals surface area contributed by atoms with E-state index < -0.39 is 6.04 Å². The molecule has 1 heterocycles. The second kappa shape index (κ2) is 5.89. The standard InChI is InChI=1S/C14H15ClN2O2/c1-10(15)9-17-8-7-12(18)16-13(14(17)19)11-5-3-2-4-6-11/h2-6,13H,1,7-9H2,(H,16,18). The van der Waals surface area contributed by atoms with Crippen LogP contribution in [0.1, 0.15) is 18.0 Å². The molecule has 5 heteroatoms. The van der Waals surface area contributed by atoms with Gasteiger partial charge in [0.15, 0.2) is 0 Å². The highest BCUT2D eigenvalue weighted by Crippen LogP contribution is 2.19. The van der Waals surface area contributed by atoms with Gasteiger partial charge in [0.2, 0.25) is 11.8 Å². The van der Waals surface area contributed by atoms with Gasteiger partial charge < -0.3 is 10.2 Å². The second-order valence-electron chi connectivity index (χ2n) is 4.44. The Hall–Kier alpha value is -1.81. The lowest BCUT2D eigenvalue weighted by Crippen LogP contribution is -2.38. The van der Waals surface area contributed by atoms with Crippen LogP contribution in [0.4, 0.5) is 0 Å². The van der Waals surface area contributed by atoms with Crippen molar-refractivity contribution in [2.24, 2.45) is 0 Å². The Kier molecular flexibility index (Phi) is 4.22. The van der Waals surface area contributed by atoms with Crippen molar-refractivity contribution in [3.05, 3.63) is 47.5 Å². The summed E-state index contributed by atoms with van der Waals surface area (Å²) in [5.41, 5.74) is 0.771. The van der Waals surface area contributed by atoms with Crippen LogP contribution in [0.3, 0.4) is 0 Å². The summed E-state index contributed by atoms with van der Waals surface area (Å²) in [6.07, 6.45) is 0.277. The summed E-state index contributed by atoms with van der Waals surface area (Å²) in [6, 6.07) is 8.54. The van der Waals surface area contributed by atoms with E-state index in [1.807, 2.05) is 30.3 Å². The van der Waals surface area contributed by atoms with Gasteiger partial charge in [0, 0.05) is 18.0 Å². The summed E-state index contributed by atoms with van der Waals surface area (Å²) >= 11 is 5.77. The molecule has 2 amide bonds.